The smallest absolute Gasteiger partial charge is 0.312 e. The average Bonchev–Trinajstić information content (AvgIpc) is 2.43. The molecule has 0 heterocycles. The summed E-state index contributed by atoms with van der Waals surface area (Å²) in [4.78, 5) is 11.4. The standard InChI is InChI=1S/C19H39NO4/c1-5-6-7-8-9-10-11-12-13-14-16(21)18(19(23)24)17(22)15-20(2,3)4/h16-18,21-22H,5-15H2,1-4H3/p+1. The van der Waals surface area contributed by atoms with Crippen LogP contribution in [0.5, 0.6) is 0 Å². The number of quaternary nitrogens is 1. The highest BCUT2D eigenvalue weighted by Crippen LogP contribution is 2.19. The van der Waals surface area contributed by atoms with Crippen molar-refractivity contribution in [2.75, 3.05) is 27.7 Å². The van der Waals surface area contributed by atoms with E-state index in [9.17, 15) is 20.1 Å². The van der Waals surface area contributed by atoms with Crippen LogP contribution in [0.3, 0.4) is 0 Å². The minimum atomic E-state index is -1.11. The molecule has 0 aliphatic heterocycles. The van der Waals surface area contributed by atoms with Gasteiger partial charge in [-0.15, -0.1) is 0 Å². The highest BCUT2D eigenvalue weighted by atomic mass is 16.4. The molecule has 0 aromatic heterocycles. The lowest BCUT2D eigenvalue weighted by molar-refractivity contribution is -0.874. The average molecular weight is 347 g/mol. The summed E-state index contributed by atoms with van der Waals surface area (Å²) in [5, 5.41) is 29.7. The Morgan fingerprint density at radius 2 is 1.29 bits per heavy atom. The summed E-state index contributed by atoms with van der Waals surface area (Å²) >= 11 is 0. The summed E-state index contributed by atoms with van der Waals surface area (Å²) in [6.45, 7) is 2.53. The molecule has 5 nitrogen and oxygen atoms in total. The predicted molar refractivity (Wildman–Crippen MR) is 97.9 cm³/mol. The predicted octanol–water partition coefficient (Wildman–Crippen LogP) is 3.04. The van der Waals surface area contributed by atoms with Crippen molar-refractivity contribution < 1.29 is 24.6 Å². The van der Waals surface area contributed by atoms with Gasteiger partial charge < -0.3 is 19.8 Å². The molecule has 3 N–H and O–H groups in total. The van der Waals surface area contributed by atoms with Gasteiger partial charge in [0.1, 0.15) is 18.6 Å². The molecule has 0 bridgehead atoms. The summed E-state index contributed by atoms with van der Waals surface area (Å²) in [6.07, 6.45) is 9.09. The third kappa shape index (κ3) is 11.8. The molecule has 0 rings (SSSR count). The Morgan fingerprint density at radius 3 is 1.71 bits per heavy atom. The van der Waals surface area contributed by atoms with Gasteiger partial charge in [0.05, 0.1) is 27.2 Å². The van der Waals surface area contributed by atoms with E-state index in [-0.39, 0.29) is 0 Å². The summed E-state index contributed by atoms with van der Waals surface area (Å²) < 4.78 is 0.468. The van der Waals surface area contributed by atoms with Crippen molar-refractivity contribution >= 4 is 5.97 Å². The van der Waals surface area contributed by atoms with Crippen LogP contribution in [-0.2, 0) is 4.79 Å². The van der Waals surface area contributed by atoms with E-state index in [0.29, 0.717) is 17.4 Å². The van der Waals surface area contributed by atoms with Crippen molar-refractivity contribution in [2.24, 2.45) is 5.92 Å². The van der Waals surface area contributed by atoms with E-state index < -0.39 is 24.1 Å². The molecule has 0 radical (unpaired) electrons. The van der Waals surface area contributed by atoms with Crippen molar-refractivity contribution in [1.82, 2.24) is 0 Å². The number of rotatable bonds is 15. The summed E-state index contributed by atoms with van der Waals surface area (Å²) in [5.74, 6) is -2.21. The SMILES string of the molecule is CCCCCCCCCCCC(O)C(C(=O)O)C(O)C[N+](C)(C)C. The topological polar surface area (TPSA) is 77.8 Å². The number of likely N-dealkylation sites (N-methyl/N-ethyl adjacent to an activating group) is 1. The van der Waals surface area contributed by atoms with Gasteiger partial charge in [-0.1, -0.05) is 64.7 Å². The van der Waals surface area contributed by atoms with E-state index in [1.54, 1.807) is 0 Å². The Morgan fingerprint density at radius 1 is 0.833 bits per heavy atom. The third-order valence-electron chi connectivity index (χ3n) is 4.45. The minimum absolute atomic E-state index is 0.311. The number of aliphatic hydroxyl groups is 2. The van der Waals surface area contributed by atoms with Crippen molar-refractivity contribution in [3.05, 3.63) is 0 Å². The molecule has 0 aliphatic rings. The Balaban J connectivity index is 4.00. The quantitative estimate of drug-likeness (QED) is 0.315. The molecule has 0 fully saturated rings. The molecule has 144 valence electrons. The zero-order valence-electron chi connectivity index (χ0n) is 16.2. The lowest BCUT2D eigenvalue weighted by Gasteiger charge is -2.31. The summed E-state index contributed by atoms with van der Waals surface area (Å²) in [6, 6.07) is 0. The fraction of sp³-hybridized carbons (Fsp3) is 0.947. The fourth-order valence-corrected chi connectivity index (χ4v) is 3.10. The first-order valence-corrected chi connectivity index (χ1v) is 9.58. The Bertz CT molecular complexity index is 328. The Kier molecular flexibility index (Phi) is 12.3. The number of unbranched alkanes of at least 4 members (excludes halogenated alkanes) is 8. The molecule has 0 aliphatic carbocycles. The number of nitrogens with zero attached hydrogens (tertiary/aromatic N) is 1. The molecule has 24 heavy (non-hydrogen) atoms. The van der Waals surface area contributed by atoms with E-state index in [0.717, 1.165) is 19.3 Å². The number of carboxylic acids is 1. The van der Waals surface area contributed by atoms with E-state index in [1.807, 2.05) is 21.1 Å². The highest BCUT2D eigenvalue weighted by molar-refractivity contribution is 5.71. The lowest BCUT2D eigenvalue weighted by atomic mass is 9.91. The van der Waals surface area contributed by atoms with Crippen LogP contribution in [-0.4, -0.2) is 65.7 Å². The first-order chi connectivity index (χ1) is 11.2. The highest BCUT2D eigenvalue weighted by Gasteiger charge is 2.36. The fourth-order valence-electron chi connectivity index (χ4n) is 3.10. The van der Waals surface area contributed by atoms with Crippen LogP contribution in [0.25, 0.3) is 0 Å². The van der Waals surface area contributed by atoms with Gasteiger partial charge in [0.2, 0.25) is 0 Å². The molecule has 0 aromatic carbocycles. The molecule has 3 unspecified atom stereocenters. The van der Waals surface area contributed by atoms with Gasteiger partial charge in [-0.05, 0) is 6.42 Å². The van der Waals surface area contributed by atoms with Crippen LogP contribution >= 0.6 is 0 Å². The maximum atomic E-state index is 11.4. The Labute approximate surface area is 148 Å². The number of aliphatic hydroxyl groups excluding tert-OH is 2. The van der Waals surface area contributed by atoms with Gasteiger partial charge in [-0.2, -0.15) is 0 Å². The van der Waals surface area contributed by atoms with Gasteiger partial charge in [-0.25, -0.2) is 0 Å². The molecule has 0 saturated heterocycles. The lowest BCUT2D eigenvalue weighted by Crippen LogP contribution is -2.49. The zero-order valence-corrected chi connectivity index (χ0v) is 16.2. The van der Waals surface area contributed by atoms with Gasteiger partial charge in [0.25, 0.3) is 0 Å². The molecule has 3 atom stereocenters. The monoisotopic (exact) mass is 346 g/mol. The van der Waals surface area contributed by atoms with E-state index in [4.69, 9.17) is 0 Å². The second-order valence-electron chi connectivity index (χ2n) is 8.09. The molecule has 0 amide bonds. The number of hydrogen-bond donors (Lipinski definition) is 3. The molecule has 0 aromatic rings. The first kappa shape index (κ1) is 23.4. The molecular weight excluding hydrogens is 306 g/mol. The molecule has 5 heteroatoms. The van der Waals surface area contributed by atoms with Crippen molar-refractivity contribution in [2.45, 2.75) is 83.3 Å². The normalized spacial score (nSPS) is 15.9. The maximum absolute atomic E-state index is 11.4. The third-order valence-corrected chi connectivity index (χ3v) is 4.45. The summed E-state index contributed by atoms with van der Waals surface area (Å²) in [5.41, 5.74) is 0. The van der Waals surface area contributed by atoms with E-state index in [1.165, 1.54) is 38.5 Å². The van der Waals surface area contributed by atoms with Gasteiger partial charge in [0, 0.05) is 0 Å². The van der Waals surface area contributed by atoms with Gasteiger partial charge in [0.15, 0.2) is 0 Å². The van der Waals surface area contributed by atoms with Gasteiger partial charge >= 0.3 is 5.97 Å². The van der Waals surface area contributed by atoms with Crippen LogP contribution < -0.4 is 0 Å². The number of carbonyl (C=O) groups is 1. The molecular formula is C19H40NO4+. The second kappa shape index (κ2) is 12.7. The number of aliphatic carboxylic acids is 1. The molecule has 0 saturated carbocycles. The van der Waals surface area contributed by atoms with Crippen molar-refractivity contribution in [3.63, 3.8) is 0 Å². The van der Waals surface area contributed by atoms with Crippen LogP contribution in [0.2, 0.25) is 0 Å². The van der Waals surface area contributed by atoms with Gasteiger partial charge in [-0.3, -0.25) is 4.79 Å². The van der Waals surface area contributed by atoms with Crippen molar-refractivity contribution in [3.8, 4) is 0 Å². The van der Waals surface area contributed by atoms with E-state index >= 15 is 0 Å². The largest absolute Gasteiger partial charge is 0.481 e. The van der Waals surface area contributed by atoms with Crippen LogP contribution in [0, 0.1) is 5.92 Å². The van der Waals surface area contributed by atoms with E-state index in [2.05, 4.69) is 6.92 Å². The second-order valence-corrected chi connectivity index (χ2v) is 8.09. The minimum Gasteiger partial charge on any atom is -0.481 e. The first-order valence-electron chi connectivity index (χ1n) is 9.58. The summed E-state index contributed by atoms with van der Waals surface area (Å²) in [7, 11) is 5.69. The Hall–Kier alpha value is -0.650. The van der Waals surface area contributed by atoms with Crippen LogP contribution in [0.1, 0.15) is 71.1 Å². The zero-order chi connectivity index (χ0) is 18.6. The molecule has 0 spiro atoms. The number of hydrogen-bond acceptors (Lipinski definition) is 3. The van der Waals surface area contributed by atoms with Crippen molar-refractivity contribution in [1.29, 1.82) is 0 Å². The van der Waals surface area contributed by atoms with Crippen LogP contribution in [0.4, 0.5) is 0 Å². The number of carboxylic acid groups (broad SMARTS) is 1. The van der Waals surface area contributed by atoms with Crippen LogP contribution in [0.15, 0.2) is 0 Å². The maximum Gasteiger partial charge on any atom is 0.312 e.